The molecule has 1 aromatic carbocycles. The Kier molecular flexibility index (Phi) is 3.87. The van der Waals surface area contributed by atoms with E-state index in [0.717, 1.165) is 16.6 Å². The van der Waals surface area contributed by atoms with Gasteiger partial charge in [-0.3, -0.25) is 14.8 Å². The Balaban J connectivity index is 2.03. The first-order chi connectivity index (χ1) is 8.75. The van der Waals surface area contributed by atoms with Crippen molar-refractivity contribution in [3.05, 3.63) is 36.2 Å². The monoisotopic (exact) mass is 239 g/mol. The van der Waals surface area contributed by atoms with E-state index >= 15 is 0 Å². The second-order valence-electron chi connectivity index (χ2n) is 3.79. The fraction of sp³-hybridized carbons (Fsp3) is 0.214. The van der Waals surface area contributed by atoms with E-state index in [1.165, 1.54) is 6.92 Å². The van der Waals surface area contributed by atoms with Crippen molar-refractivity contribution in [1.29, 1.82) is 0 Å². The van der Waals surface area contributed by atoms with Crippen molar-refractivity contribution in [3.8, 4) is 11.8 Å². The van der Waals surface area contributed by atoms with Crippen LogP contribution in [0.25, 0.3) is 11.0 Å². The third-order valence-corrected chi connectivity index (χ3v) is 2.33. The molecule has 0 radical (unpaired) electrons. The fourth-order valence-corrected chi connectivity index (χ4v) is 1.51. The van der Waals surface area contributed by atoms with Crippen molar-refractivity contribution < 1.29 is 4.79 Å². The molecule has 0 fully saturated rings. The summed E-state index contributed by atoms with van der Waals surface area (Å²) in [6.45, 7) is 2.07. The van der Waals surface area contributed by atoms with E-state index in [2.05, 4.69) is 27.1 Å². The predicted molar refractivity (Wildman–Crippen MR) is 69.7 cm³/mol. The lowest BCUT2D eigenvalue weighted by atomic mass is 10.2. The minimum Gasteiger partial charge on any atom is -0.355 e. The van der Waals surface area contributed by atoms with Crippen LogP contribution in [0.15, 0.2) is 30.6 Å². The first kappa shape index (κ1) is 12.1. The van der Waals surface area contributed by atoms with Crippen LogP contribution in [0.3, 0.4) is 0 Å². The summed E-state index contributed by atoms with van der Waals surface area (Å²) in [6.07, 6.45) is 3.97. The number of benzene rings is 1. The van der Waals surface area contributed by atoms with Crippen molar-refractivity contribution in [1.82, 2.24) is 15.3 Å². The number of hydrogen-bond donors (Lipinski definition) is 1. The van der Waals surface area contributed by atoms with Gasteiger partial charge in [-0.15, -0.1) is 0 Å². The Morgan fingerprint density at radius 3 is 2.83 bits per heavy atom. The standard InChI is InChI=1S/C14H13N3O/c1-11(18)15-7-3-2-4-12-5-6-13-14(10-12)17-9-8-16-13/h5-6,8-10H,3,7H2,1H3,(H,15,18). The minimum absolute atomic E-state index is 0.0298. The minimum atomic E-state index is -0.0298. The molecule has 0 aliphatic rings. The number of fused-ring (bicyclic) bond motifs is 1. The zero-order chi connectivity index (χ0) is 12.8. The van der Waals surface area contributed by atoms with Crippen molar-refractivity contribution in [2.75, 3.05) is 6.54 Å². The van der Waals surface area contributed by atoms with Crippen molar-refractivity contribution >= 4 is 16.9 Å². The topological polar surface area (TPSA) is 54.9 Å². The van der Waals surface area contributed by atoms with E-state index in [4.69, 9.17) is 0 Å². The molecule has 4 heteroatoms. The summed E-state index contributed by atoms with van der Waals surface area (Å²) in [4.78, 5) is 19.1. The van der Waals surface area contributed by atoms with Gasteiger partial charge in [-0.05, 0) is 18.2 Å². The summed E-state index contributed by atoms with van der Waals surface area (Å²) < 4.78 is 0. The molecule has 1 N–H and O–H groups in total. The molecule has 0 saturated heterocycles. The molecule has 0 saturated carbocycles. The number of rotatable bonds is 2. The van der Waals surface area contributed by atoms with E-state index in [-0.39, 0.29) is 5.91 Å². The van der Waals surface area contributed by atoms with E-state index in [0.29, 0.717) is 13.0 Å². The van der Waals surface area contributed by atoms with Crippen LogP contribution in [-0.4, -0.2) is 22.4 Å². The molecule has 2 aromatic rings. The van der Waals surface area contributed by atoms with Gasteiger partial charge in [0, 0.05) is 37.8 Å². The SMILES string of the molecule is CC(=O)NCCC#Cc1ccc2nccnc2c1. The number of aromatic nitrogens is 2. The predicted octanol–water partition coefficient (Wildman–Crippen LogP) is 1.51. The zero-order valence-corrected chi connectivity index (χ0v) is 10.1. The molecule has 1 amide bonds. The van der Waals surface area contributed by atoms with Crippen LogP contribution in [0, 0.1) is 11.8 Å². The van der Waals surface area contributed by atoms with Crippen LogP contribution >= 0.6 is 0 Å². The Bertz CT molecular complexity index is 625. The smallest absolute Gasteiger partial charge is 0.216 e. The van der Waals surface area contributed by atoms with Gasteiger partial charge in [-0.1, -0.05) is 11.8 Å². The van der Waals surface area contributed by atoms with Crippen molar-refractivity contribution in [3.63, 3.8) is 0 Å². The molecule has 4 nitrogen and oxygen atoms in total. The van der Waals surface area contributed by atoms with Gasteiger partial charge >= 0.3 is 0 Å². The summed E-state index contributed by atoms with van der Waals surface area (Å²) in [7, 11) is 0. The molecule has 0 spiro atoms. The first-order valence-electron chi connectivity index (χ1n) is 5.70. The van der Waals surface area contributed by atoms with Crippen LogP contribution in [0.2, 0.25) is 0 Å². The van der Waals surface area contributed by atoms with Gasteiger partial charge in [0.2, 0.25) is 5.91 Å². The Morgan fingerprint density at radius 1 is 1.28 bits per heavy atom. The quantitative estimate of drug-likeness (QED) is 0.638. The summed E-state index contributed by atoms with van der Waals surface area (Å²) in [5.41, 5.74) is 2.61. The average molecular weight is 239 g/mol. The largest absolute Gasteiger partial charge is 0.355 e. The van der Waals surface area contributed by atoms with Gasteiger partial charge in [0.25, 0.3) is 0 Å². The first-order valence-corrected chi connectivity index (χ1v) is 5.70. The normalized spacial score (nSPS) is 9.61. The second-order valence-corrected chi connectivity index (χ2v) is 3.79. The Hall–Kier alpha value is -2.41. The summed E-state index contributed by atoms with van der Waals surface area (Å²) >= 11 is 0. The number of carbonyl (C=O) groups is 1. The summed E-state index contributed by atoms with van der Waals surface area (Å²) in [6, 6.07) is 5.73. The van der Waals surface area contributed by atoms with E-state index in [1.54, 1.807) is 12.4 Å². The number of amides is 1. The number of nitrogens with zero attached hydrogens (tertiary/aromatic N) is 2. The van der Waals surface area contributed by atoms with E-state index in [1.807, 2.05) is 18.2 Å². The highest BCUT2D eigenvalue weighted by Crippen LogP contribution is 2.09. The molecule has 1 aromatic heterocycles. The molecule has 18 heavy (non-hydrogen) atoms. The molecule has 0 aliphatic heterocycles. The molecule has 0 atom stereocenters. The highest BCUT2D eigenvalue weighted by Gasteiger charge is 1.95. The van der Waals surface area contributed by atoms with Gasteiger partial charge < -0.3 is 5.32 Å². The van der Waals surface area contributed by atoms with Crippen LogP contribution in [0.1, 0.15) is 18.9 Å². The lowest BCUT2D eigenvalue weighted by Crippen LogP contribution is -2.20. The zero-order valence-electron chi connectivity index (χ0n) is 10.1. The highest BCUT2D eigenvalue weighted by atomic mass is 16.1. The lowest BCUT2D eigenvalue weighted by Gasteiger charge is -1.96. The molecule has 0 bridgehead atoms. The third-order valence-electron chi connectivity index (χ3n) is 2.33. The van der Waals surface area contributed by atoms with Gasteiger partial charge in [0.05, 0.1) is 11.0 Å². The Morgan fingerprint density at radius 2 is 2.06 bits per heavy atom. The number of hydrogen-bond acceptors (Lipinski definition) is 3. The summed E-state index contributed by atoms with van der Waals surface area (Å²) in [5.74, 6) is 6.02. The molecule has 0 aliphatic carbocycles. The molecular formula is C14H13N3O. The lowest BCUT2D eigenvalue weighted by molar-refractivity contribution is -0.118. The van der Waals surface area contributed by atoms with Crippen LogP contribution < -0.4 is 5.32 Å². The number of nitrogens with one attached hydrogen (secondary N) is 1. The van der Waals surface area contributed by atoms with E-state index in [9.17, 15) is 4.79 Å². The maximum Gasteiger partial charge on any atom is 0.216 e. The van der Waals surface area contributed by atoms with Crippen LogP contribution in [0.4, 0.5) is 0 Å². The molecule has 1 heterocycles. The van der Waals surface area contributed by atoms with E-state index < -0.39 is 0 Å². The summed E-state index contributed by atoms with van der Waals surface area (Å²) in [5, 5.41) is 2.70. The van der Waals surface area contributed by atoms with Gasteiger partial charge in [-0.25, -0.2) is 0 Å². The maximum absolute atomic E-state index is 10.6. The third kappa shape index (κ3) is 3.29. The molecule has 90 valence electrons. The van der Waals surface area contributed by atoms with Crippen molar-refractivity contribution in [2.45, 2.75) is 13.3 Å². The molecule has 2 rings (SSSR count). The van der Waals surface area contributed by atoms with Crippen LogP contribution in [-0.2, 0) is 4.79 Å². The molecule has 0 unspecified atom stereocenters. The average Bonchev–Trinajstić information content (AvgIpc) is 2.38. The van der Waals surface area contributed by atoms with Crippen LogP contribution in [0.5, 0.6) is 0 Å². The van der Waals surface area contributed by atoms with Gasteiger partial charge in [-0.2, -0.15) is 0 Å². The number of carbonyl (C=O) groups excluding carboxylic acids is 1. The fourth-order valence-electron chi connectivity index (χ4n) is 1.51. The molecular weight excluding hydrogens is 226 g/mol. The van der Waals surface area contributed by atoms with Gasteiger partial charge in [0.15, 0.2) is 0 Å². The maximum atomic E-state index is 10.6. The van der Waals surface area contributed by atoms with Crippen molar-refractivity contribution in [2.24, 2.45) is 0 Å². The highest BCUT2D eigenvalue weighted by molar-refractivity contribution is 5.75. The second kappa shape index (κ2) is 5.78. The Labute approximate surface area is 105 Å². The van der Waals surface area contributed by atoms with Gasteiger partial charge in [0.1, 0.15) is 0 Å².